The van der Waals surface area contributed by atoms with E-state index in [0.29, 0.717) is 19.4 Å². The summed E-state index contributed by atoms with van der Waals surface area (Å²) in [5, 5.41) is 0. The van der Waals surface area contributed by atoms with Gasteiger partial charge in [0.2, 0.25) is 5.91 Å². The van der Waals surface area contributed by atoms with E-state index in [1.54, 1.807) is 0 Å². The van der Waals surface area contributed by atoms with Gasteiger partial charge in [-0.15, -0.1) is 0 Å². The van der Waals surface area contributed by atoms with Crippen LogP contribution in [0.15, 0.2) is 0 Å². The molecule has 1 unspecified atom stereocenters. The van der Waals surface area contributed by atoms with Crippen LogP contribution in [0.4, 0.5) is 0 Å². The summed E-state index contributed by atoms with van der Waals surface area (Å²) in [4.78, 5) is 10.1. The molecule has 0 spiro atoms. The van der Waals surface area contributed by atoms with Gasteiger partial charge in [0.25, 0.3) is 0 Å². The summed E-state index contributed by atoms with van der Waals surface area (Å²) in [5.41, 5.74) is 15.4. The Hall–Kier alpha value is -0.610. The van der Waals surface area contributed by atoms with E-state index in [0.717, 1.165) is 0 Å². The average Bonchev–Trinajstić information content (AvgIpc) is 1.83. The predicted molar refractivity (Wildman–Crippen MR) is 35.5 cm³/mol. The molecule has 0 heterocycles. The maximum absolute atomic E-state index is 10.1. The molecule has 0 radical (unpaired) electrons. The molecule has 0 aromatic rings. The highest BCUT2D eigenvalue weighted by Crippen LogP contribution is 1.89. The van der Waals surface area contributed by atoms with E-state index in [1.165, 1.54) is 0 Å². The molecule has 0 aromatic heterocycles. The van der Waals surface area contributed by atoms with Crippen molar-refractivity contribution < 1.29 is 4.79 Å². The summed E-state index contributed by atoms with van der Waals surface area (Å²) in [5.74, 6) is -0.320. The van der Waals surface area contributed by atoms with Crippen molar-refractivity contribution in [1.82, 2.24) is 0 Å². The largest absolute Gasteiger partial charge is 0.370 e. The van der Waals surface area contributed by atoms with Gasteiger partial charge in [-0.3, -0.25) is 4.79 Å². The fraction of sp³-hybridized carbons (Fsp3) is 0.800. The standard InChI is InChI=1S/C5H13N3O/c6-3-4(7)1-2-5(8)9/h4H,1-3,6-7H2,(H2,8,9). The van der Waals surface area contributed by atoms with Gasteiger partial charge < -0.3 is 17.2 Å². The van der Waals surface area contributed by atoms with Gasteiger partial charge in [-0.2, -0.15) is 0 Å². The Balaban J connectivity index is 3.16. The Bertz CT molecular complexity index is 94.2. The molecule has 0 aliphatic heterocycles. The lowest BCUT2D eigenvalue weighted by Crippen LogP contribution is -2.30. The van der Waals surface area contributed by atoms with Crippen LogP contribution < -0.4 is 17.2 Å². The van der Waals surface area contributed by atoms with E-state index in [1.807, 2.05) is 0 Å². The molecule has 0 aliphatic rings. The summed E-state index contributed by atoms with van der Waals surface area (Å²) in [6, 6.07) is -0.0856. The first-order chi connectivity index (χ1) is 4.16. The topological polar surface area (TPSA) is 95.1 Å². The van der Waals surface area contributed by atoms with E-state index in [2.05, 4.69) is 0 Å². The quantitative estimate of drug-likeness (QED) is 0.435. The lowest BCUT2D eigenvalue weighted by Gasteiger charge is -2.04. The molecule has 0 rings (SSSR count). The van der Waals surface area contributed by atoms with Crippen molar-refractivity contribution in [3.05, 3.63) is 0 Å². The molecule has 54 valence electrons. The Labute approximate surface area is 54.4 Å². The smallest absolute Gasteiger partial charge is 0.217 e. The van der Waals surface area contributed by atoms with E-state index < -0.39 is 0 Å². The third-order valence-corrected chi connectivity index (χ3v) is 1.06. The molecule has 0 saturated heterocycles. The van der Waals surface area contributed by atoms with Crippen molar-refractivity contribution in [2.75, 3.05) is 6.54 Å². The molecular weight excluding hydrogens is 118 g/mol. The van der Waals surface area contributed by atoms with Gasteiger partial charge in [0, 0.05) is 19.0 Å². The monoisotopic (exact) mass is 131 g/mol. The highest BCUT2D eigenvalue weighted by molar-refractivity contribution is 5.73. The van der Waals surface area contributed by atoms with Gasteiger partial charge >= 0.3 is 0 Å². The molecule has 0 fully saturated rings. The first-order valence-corrected chi connectivity index (χ1v) is 2.90. The van der Waals surface area contributed by atoms with E-state index in [9.17, 15) is 4.79 Å². The zero-order chi connectivity index (χ0) is 7.28. The lowest BCUT2D eigenvalue weighted by molar-refractivity contribution is -0.118. The van der Waals surface area contributed by atoms with Crippen LogP contribution in [0.25, 0.3) is 0 Å². The Morgan fingerprint density at radius 1 is 1.56 bits per heavy atom. The summed E-state index contributed by atoms with van der Waals surface area (Å²) in [6.07, 6.45) is 0.921. The van der Waals surface area contributed by atoms with Crippen LogP contribution in [0.1, 0.15) is 12.8 Å². The number of carbonyl (C=O) groups excluding carboxylic acids is 1. The van der Waals surface area contributed by atoms with Gasteiger partial charge in [-0.1, -0.05) is 0 Å². The Morgan fingerprint density at radius 3 is 2.44 bits per heavy atom. The highest BCUT2D eigenvalue weighted by Gasteiger charge is 2.00. The molecule has 6 N–H and O–H groups in total. The van der Waals surface area contributed by atoms with E-state index >= 15 is 0 Å². The van der Waals surface area contributed by atoms with Gasteiger partial charge in [0.15, 0.2) is 0 Å². The van der Waals surface area contributed by atoms with Crippen LogP contribution in [0.5, 0.6) is 0 Å². The van der Waals surface area contributed by atoms with Gasteiger partial charge in [0.1, 0.15) is 0 Å². The van der Waals surface area contributed by atoms with Gasteiger partial charge in [-0.25, -0.2) is 0 Å². The Morgan fingerprint density at radius 2 is 2.11 bits per heavy atom. The fourth-order valence-electron chi connectivity index (χ4n) is 0.446. The van der Waals surface area contributed by atoms with E-state index in [4.69, 9.17) is 17.2 Å². The SMILES string of the molecule is NCC(N)CCC(N)=O. The number of rotatable bonds is 4. The van der Waals surface area contributed by atoms with Crippen LogP contribution in [0.2, 0.25) is 0 Å². The van der Waals surface area contributed by atoms with Crippen molar-refractivity contribution in [3.8, 4) is 0 Å². The second-order valence-electron chi connectivity index (χ2n) is 2.00. The first-order valence-electron chi connectivity index (χ1n) is 2.90. The van der Waals surface area contributed by atoms with Crippen molar-refractivity contribution in [2.24, 2.45) is 17.2 Å². The van der Waals surface area contributed by atoms with Crippen molar-refractivity contribution >= 4 is 5.91 Å². The summed E-state index contributed by atoms with van der Waals surface area (Å²) in [6.45, 7) is 0.410. The molecule has 0 bridgehead atoms. The predicted octanol–water partition coefficient (Wildman–Crippen LogP) is -1.46. The Kier molecular flexibility index (Phi) is 4.00. The molecule has 0 saturated carbocycles. The second-order valence-corrected chi connectivity index (χ2v) is 2.00. The van der Waals surface area contributed by atoms with Crippen molar-refractivity contribution in [2.45, 2.75) is 18.9 Å². The zero-order valence-corrected chi connectivity index (χ0v) is 5.34. The third kappa shape index (κ3) is 5.26. The number of nitrogens with two attached hydrogens (primary N) is 3. The minimum Gasteiger partial charge on any atom is -0.370 e. The number of primary amides is 1. The van der Waals surface area contributed by atoms with Crippen molar-refractivity contribution in [1.29, 1.82) is 0 Å². The zero-order valence-electron chi connectivity index (χ0n) is 5.34. The van der Waals surface area contributed by atoms with E-state index in [-0.39, 0.29) is 11.9 Å². The fourth-order valence-corrected chi connectivity index (χ4v) is 0.446. The van der Waals surface area contributed by atoms with Crippen LogP contribution in [-0.4, -0.2) is 18.5 Å². The number of carbonyl (C=O) groups is 1. The molecule has 1 amide bonds. The maximum atomic E-state index is 10.1. The number of amides is 1. The maximum Gasteiger partial charge on any atom is 0.217 e. The molecule has 1 atom stereocenters. The van der Waals surface area contributed by atoms with Gasteiger partial charge in [0.05, 0.1) is 0 Å². The van der Waals surface area contributed by atoms with Crippen LogP contribution in [0, 0.1) is 0 Å². The number of hydrogen-bond acceptors (Lipinski definition) is 3. The lowest BCUT2D eigenvalue weighted by atomic mass is 10.2. The minimum absolute atomic E-state index is 0.0856. The molecule has 0 aliphatic carbocycles. The molecule has 4 nitrogen and oxygen atoms in total. The molecular formula is C5H13N3O. The molecule has 0 aromatic carbocycles. The minimum atomic E-state index is -0.320. The highest BCUT2D eigenvalue weighted by atomic mass is 16.1. The summed E-state index contributed by atoms with van der Waals surface area (Å²) >= 11 is 0. The van der Waals surface area contributed by atoms with Crippen LogP contribution in [0.3, 0.4) is 0 Å². The normalized spacial score (nSPS) is 13.1. The van der Waals surface area contributed by atoms with Crippen molar-refractivity contribution in [3.63, 3.8) is 0 Å². The van der Waals surface area contributed by atoms with Crippen LogP contribution in [-0.2, 0) is 4.79 Å². The summed E-state index contributed by atoms with van der Waals surface area (Å²) < 4.78 is 0. The molecule has 9 heavy (non-hydrogen) atoms. The third-order valence-electron chi connectivity index (χ3n) is 1.06. The second kappa shape index (κ2) is 4.29. The number of hydrogen-bond donors (Lipinski definition) is 3. The molecule has 4 heteroatoms. The average molecular weight is 131 g/mol. The van der Waals surface area contributed by atoms with Gasteiger partial charge in [-0.05, 0) is 6.42 Å². The first kappa shape index (κ1) is 8.39. The van der Waals surface area contributed by atoms with Crippen LogP contribution >= 0.6 is 0 Å². The summed E-state index contributed by atoms with van der Waals surface area (Å²) in [7, 11) is 0.